The van der Waals surface area contributed by atoms with Crippen molar-refractivity contribution < 1.29 is 23.5 Å². The van der Waals surface area contributed by atoms with Crippen molar-refractivity contribution in [1.29, 1.82) is 0 Å². The maximum atomic E-state index is 12.2. The zero-order valence-electron chi connectivity index (χ0n) is 10.5. The third kappa shape index (κ3) is 2.35. The van der Waals surface area contributed by atoms with Gasteiger partial charge in [0.25, 0.3) is 0 Å². The van der Waals surface area contributed by atoms with E-state index < -0.39 is 0 Å². The van der Waals surface area contributed by atoms with Crippen LogP contribution in [0, 0.1) is 0 Å². The summed E-state index contributed by atoms with van der Waals surface area (Å²) in [5.41, 5.74) is 0.615. The van der Waals surface area contributed by atoms with Crippen LogP contribution in [0.2, 0.25) is 0 Å². The van der Waals surface area contributed by atoms with Crippen LogP contribution in [0.25, 0.3) is 0 Å². The van der Waals surface area contributed by atoms with E-state index in [4.69, 9.17) is 13.9 Å². The van der Waals surface area contributed by atoms with Gasteiger partial charge in [-0.25, -0.2) is 0 Å². The van der Waals surface area contributed by atoms with Gasteiger partial charge in [-0.3, -0.25) is 9.59 Å². The summed E-state index contributed by atoms with van der Waals surface area (Å²) in [7, 11) is 3.00. The number of hydrogen-bond acceptors (Lipinski definition) is 5. The van der Waals surface area contributed by atoms with Crippen molar-refractivity contribution in [2.75, 3.05) is 14.2 Å². The van der Waals surface area contributed by atoms with E-state index in [1.807, 2.05) is 0 Å². The molecular formula is C14H12O5. The van der Waals surface area contributed by atoms with Gasteiger partial charge in [-0.05, 0) is 24.3 Å². The molecule has 2 rings (SSSR count). The van der Waals surface area contributed by atoms with Gasteiger partial charge in [0.15, 0.2) is 29.3 Å². The van der Waals surface area contributed by atoms with Crippen LogP contribution in [0.1, 0.15) is 26.5 Å². The lowest BCUT2D eigenvalue weighted by molar-refractivity contribution is 0.102. The highest BCUT2D eigenvalue weighted by Crippen LogP contribution is 2.28. The van der Waals surface area contributed by atoms with Gasteiger partial charge in [0.1, 0.15) is 0 Å². The van der Waals surface area contributed by atoms with Crippen LogP contribution in [0.5, 0.6) is 11.5 Å². The summed E-state index contributed by atoms with van der Waals surface area (Å²) in [5.74, 6) is 0.683. The molecule has 0 fully saturated rings. The molecule has 0 unspecified atom stereocenters. The first-order valence-corrected chi connectivity index (χ1v) is 5.50. The van der Waals surface area contributed by atoms with Gasteiger partial charge in [0.05, 0.1) is 26.0 Å². The summed E-state index contributed by atoms with van der Waals surface area (Å²) in [4.78, 5) is 23.0. The Morgan fingerprint density at radius 2 is 1.89 bits per heavy atom. The highest BCUT2D eigenvalue weighted by Gasteiger charge is 2.17. The van der Waals surface area contributed by atoms with Crippen LogP contribution >= 0.6 is 0 Å². The molecule has 2 aromatic rings. The second kappa shape index (κ2) is 5.39. The number of ether oxygens (including phenoxy) is 2. The van der Waals surface area contributed by atoms with Crippen molar-refractivity contribution >= 4 is 12.1 Å². The van der Waals surface area contributed by atoms with Gasteiger partial charge in [0.2, 0.25) is 0 Å². The molecule has 5 nitrogen and oxygen atoms in total. The molecule has 0 aliphatic carbocycles. The molecule has 5 heteroatoms. The average molecular weight is 260 g/mol. The van der Waals surface area contributed by atoms with Crippen LogP contribution in [0.3, 0.4) is 0 Å². The topological polar surface area (TPSA) is 65.7 Å². The Hall–Kier alpha value is -2.56. The maximum Gasteiger partial charge on any atom is 0.197 e. The number of aldehydes is 1. The molecule has 1 aromatic carbocycles. The van der Waals surface area contributed by atoms with Crippen LogP contribution in [0.4, 0.5) is 0 Å². The molecule has 0 saturated heterocycles. The van der Waals surface area contributed by atoms with Crippen LogP contribution in [-0.4, -0.2) is 26.3 Å². The van der Waals surface area contributed by atoms with Crippen molar-refractivity contribution in [3.8, 4) is 11.5 Å². The first-order chi connectivity index (χ1) is 9.21. The highest BCUT2D eigenvalue weighted by molar-refractivity contribution is 6.12. The number of carbonyl (C=O) groups excluding carboxylic acids is 2. The van der Waals surface area contributed by atoms with Crippen molar-refractivity contribution in [1.82, 2.24) is 0 Å². The normalized spacial score (nSPS) is 10.0. The van der Waals surface area contributed by atoms with Crippen molar-refractivity contribution in [3.05, 3.63) is 47.4 Å². The first-order valence-electron chi connectivity index (χ1n) is 5.50. The number of rotatable bonds is 5. The Kier molecular flexibility index (Phi) is 3.66. The predicted octanol–water partition coefficient (Wildman–Crippen LogP) is 2.34. The molecule has 98 valence electrons. The van der Waals surface area contributed by atoms with Gasteiger partial charge < -0.3 is 13.9 Å². The van der Waals surface area contributed by atoms with Gasteiger partial charge in [-0.15, -0.1) is 0 Å². The van der Waals surface area contributed by atoms with Crippen molar-refractivity contribution in [2.45, 2.75) is 0 Å². The van der Waals surface area contributed by atoms with Crippen molar-refractivity contribution in [3.63, 3.8) is 0 Å². The standard InChI is InChI=1S/C14H12O5/c1-17-11-4-3-9(7-12(11)18-2)14(16)10-5-6-19-13(10)8-15/h3-8H,1-2H3. The van der Waals surface area contributed by atoms with E-state index in [2.05, 4.69) is 0 Å². The largest absolute Gasteiger partial charge is 0.493 e. The quantitative estimate of drug-likeness (QED) is 0.609. The Bertz CT molecular complexity index is 612. The molecule has 0 amide bonds. The maximum absolute atomic E-state index is 12.2. The molecule has 0 atom stereocenters. The second-order valence-electron chi connectivity index (χ2n) is 3.72. The third-order valence-corrected chi connectivity index (χ3v) is 2.69. The summed E-state index contributed by atoms with van der Waals surface area (Å²) in [6.45, 7) is 0. The summed E-state index contributed by atoms with van der Waals surface area (Å²) < 4.78 is 15.1. The molecular weight excluding hydrogens is 248 g/mol. The SMILES string of the molecule is COc1ccc(C(=O)c2ccoc2C=O)cc1OC. The van der Waals surface area contributed by atoms with E-state index in [-0.39, 0.29) is 17.1 Å². The first kappa shape index (κ1) is 12.9. The van der Waals surface area contributed by atoms with Gasteiger partial charge in [-0.2, -0.15) is 0 Å². The molecule has 1 heterocycles. The van der Waals surface area contributed by atoms with Gasteiger partial charge in [-0.1, -0.05) is 0 Å². The Morgan fingerprint density at radius 1 is 1.16 bits per heavy atom. The van der Waals surface area contributed by atoms with Crippen molar-refractivity contribution in [2.24, 2.45) is 0 Å². The molecule has 0 aliphatic rings. The summed E-state index contributed by atoms with van der Waals surface area (Å²) in [5, 5.41) is 0. The lowest BCUT2D eigenvalue weighted by Gasteiger charge is -2.08. The number of carbonyl (C=O) groups is 2. The molecule has 0 radical (unpaired) electrons. The fourth-order valence-corrected chi connectivity index (χ4v) is 1.73. The van der Waals surface area contributed by atoms with Crippen LogP contribution < -0.4 is 9.47 Å². The molecule has 0 saturated carbocycles. The summed E-state index contributed by atoms with van der Waals surface area (Å²) in [6, 6.07) is 6.25. The summed E-state index contributed by atoms with van der Waals surface area (Å²) >= 11 is 0. The number of hydrogen-bond donors (Lipinski definition) is 0. The minimum atomic E-state index is -0.309. The number of benzene rings is 1. The van der Waals surface area contributed by atoms with Gasteiger partial charge in [0, 0.05) is 5.56 Å². The molecule has 0 aliphatic heterocycles. The minimum absolute atomic E-state index is 0.0137. The molecule has 19 heavy (non-hydrogen) atoms. The lowest BCUT2D eigenvalue weighted by Crippen LogP contribution is -2.03. The van der Waals surface area contributed by atoms with E-state index in [1.54, 1.807) is 18.2 Å². The number of ketones is 1. The Labute approximate surface area is 109 Å². The summed E-state index contributed by atoms with van der Waals surface area (Å²) in [6.07, 6.45) is 1.81. The molecule has 0 N–H and O–H groups in total. The fraction of sp³-hybridized carbons (Fsp3) is 0.143. The van der Waals surface area contributed by atoms with E-state index >= 15 is 0 Å². The molecule has 0 bridgehead atoms. The Morgan fingerprint density at radius 3 is 2.53 bits per heavy atom. The Balaban J connectivity index is 2.42. The smallest absolute Gasteiger partial charge is 0.197 e. The van der Waals surface area contributed by atoms with E-state index in [0.717, 1.165) is 0 Å². The predicted molar refractivity (Wildman–Crippen MR) is 67.1 cm³/mol. The second-order valence-corrected chi connectivity index (χ2v) is 3.72. The monoisotopic (exact) mass is 260 g/mol. The highest BCUT2D eigenvalue weighted by atomic mass is 16.5. The molecule has 0 spiro atoms. The van der Waals surface area contributed by atoms with Gasteiger partial charge >= 0.3 is 0 Å². The fourth-order valence-electron chi connectivity index (χ4n) is 1.73. The zero-order chi connectivity index (χ0) is 13.8. The lowest BCUT2D eigenvalue weighted by atomic mass is 10.0. The van der Waals surface area contributed by atoms with Crippen LogP contribution in [0.15, 0.2) is 34.9 Å². The third-order valence-electron chi connectivity index (χ3n) is 2.69. The number of methoxy groups -OCH3 is 2. The van der Waals surface area contributed by atoms with E-state index in [1.165, 1.54) is 26.5 Å². The van der Waals surface area contributed by atoms with Crippen LogP contribution in [-0.2, 0) is 0 Å². The number of furan rings is 1. The molecule has 1 aromatic heterocycles. The van der Waals surface area contributed by atoms with E-state index in [0.29, 0.717) is 23.3 Å². The minimum Gasteiger partial charge on any atom is -0.493 e. The average Bonchev–Trinajstić information content (AvgIpc) is 2.94. The van der Waals surface area contributed by atoms with E-state index in [9.17, 15) is 9.59 Å². The zero-order valence-corrected chi connectivity index (χ0v) is 10.5.